The summed E-state index contributed by atoms with van der Waals surface area (Å²) in [4.78, 5) is 11.1. The fourth-order valence-electron chi connectivity index (χ4n) is 1.44. The third-order valence-corrected chi connectivity index (χ3v) is 6.09. The predicted molar refractivity (Wildman–Crippen MR) is 82.0 cm³/mol. The molecule has 4 nitrogen and oxygen atoms in total. The van der Waals surface area contributed by atoms with Gasteiger partial charge in [-0.3, -0.25) is 9.52 Å². The summed E-state index contributed by atoms with van der Waals surface area (Å²) in [5.41, 5.74) is 1.07. The second-order valence-electron chi connectivity index (χ2n) is 5.87. The summed E-state index contributed by atoms with van der Waals surface area (Å²) >= 11 is 0. The summed E-state index contributed by atoms with van der Waals surface area (Å²) in [6.07, 6.45) is 0. The van der Waals surface area contributed by atoms with Crippen LogP contribution >= 0.6 is 0 Å². The fraction of sp³-hybridized carbons (Fsp3) is 0.462. The smallest absolute Gasteiger partial charge is 0.232 e. The zero-order valence-electron chi connectivity index (χ0n) is 11.9. The molecule has 0 saturated carbocycles. The van der Waals surface area contributed by atoms with Gasteiger partial charge in [0.05, 0.1) is 5.75 Å². The van der Waals surface area contributed by atoms with Crippen LogP contribution in [0, 0.1) is 0 Å². The molecule has 0 heterocycles. The number of anilines is 1. The van der Waals surface area contributed by atoms with E-state index in [-0.39, 0.29) is 11.5 Å². The van der Waals surface area contributed by atoms with Crippen molar-refractivity contribution in [2.75, 3.05) is 10.5 Å². The van der Waals surface area contributed by atoms with Gasteiger partial charge < -0.3 is 0 Å². The Morgan fingerprint density at radius 3 is 2.11 bits per heavy atom. The fourth-order valence-corrected chi connectivity index (χ4v) is 5.57. The first-order valence-corrected chi connectivity index (χ1v) is 11.6. The number of ketones is 1. The minimum atomic E-state index is -3.30. The highest BCUT2D eigenvalue weighted by Gasteiger charge is 2.18. The third kappa shape index (κ3) is 6.02. The lowest BCUT2D eigenvalue weighted by Gasteiger charge is -2.16. The molecule has 0 fully saturated rings. The van der Waals surface area contributed by atoms with Crippen LogP contribution < -0.4 is 4.72 Å². The molecule has 0 aliphatic carbocycles. The van der Waals surface area contributed by atoms with Crippen molar-refractivity contribution in [3.05, 3.63) is 29.8 Å². The maximum atomic E-state index is 11.9. The van der Waals surface area contributed by atoms with Gasteiger partial charge in [-0.15, -0.1) is 0 Å². The molecule has 0 radical (unpaired) electrons. The lowest BCUT2D eigenvalue weighted by Crippen LogP contribution is -2.26. The highest BCUT2D eigenvalue weighted by atomic mass is 32.2. The van der Waals surface area contributed by atoms with Crippen LogP contribution in [-0.4, -0.2) is 28.0 Å². The SMILES string of the molecule is CC(=O)c1ccc(NS(=O)(=O)CC[Si](C)(C)C)cc1. The van der Waals surface area contributed by atoms with E-state index >= 15 is 0 Å². The molecule has 0 unspecified atom stereocenters. The van der Waals surface area contributed by atoms with Crippen molar-refractivity contribution in [2.24, 2.45) is 0 Å². The summed E-state index contributed by atoms with van der Waals surface area (Å²) in [7, 11) is -4.67. The van der Waals surface area contributed by atoms with Crippen molar-refractivity contribution in [2.45, 2.75) is 32.6 Å². The second-order valence-corrected chi connectivity index (χ2v) is 13.3. The standard InChI is InChI=1S/C13H21NO3SSi/c1-11(15)12-5-7-13(8-6-12)14-18(16,17)9-10-19(2,3)4/h5-8,14H,9-10H2,1-4H3. The van der Waals surface area contributed by atoms with Crippen LogP contribution in [0.25, 0.3) is 0 Å². The lowest BCUT2D eigenvalue weighted by molar-refractivity contribution is 0.101. The maximum absolute atomic E-state index is 11.9. The molecule has 106 valence electrons. The molecule has 0 aromatic heterocycles. The van der Waals surface area contributed by atoms with Crippen LogP contribution in [0.1, 0.15) is 17.3 Å². The van der Waals surface area contributed by atoms with E-state index in [1.54, 1.807) is 24.3 Å². The molecule has 19 heavy (non-hydrogen) atoms. The van der Waals surface area contributed by atoms with E-state index in [0.29, 0.717) is 11.3 Å². The number of hydrogen-bond donors (Lipinski definition) is 1. The number of hydrogen-bond acceptors (Lipinski definition) is 3. The zero-order chi connectivity index (χ0) is 14.7. The normalized spacial score (nSPS) is 12.2. The molecule has 1 rings (SSSR count). The number of nitrogens with one attached hydrogen (secondary N) is 1. The van der Waals surface area contributed by atoms with Crippen molar-refractivity contribution in [1.29, 1.82) is 0 Å². The summed E-state index contributed by atoms with van der Waals surface area (Å²) in [6.45, 7) is 7.91. The molecule has 6 heteroatoms. The molecule has 1 aromatic rings. The van der Waals surface area contributed by atoms with Crippen molar-refractivity contribution in [3.63, 3.8) is 0 Å². The zero-order valence-corrected chi connectivity index (χ0v) is 13.7. The van der Waals surface area contributed by atoms with Gasteiger partial charge in [-0.1, -0.05) is 19.6 Å². The molecule has 0 aliphatic rings. The average Bonchev–Trinajstić information content (AvgIpc) is 2.26. The molecule has 0 aliphatic heterocycles. The molecule has 0 amide bonds. The topological polar surface area (TPSA) is 63.2 Å². The van der Waals surface area contributed by atoms with E-state index in [2.05, 4.69) is 24.4 Å². The van der Waals surface area contributed by atoms with Gasteiger partial charge in [0.15, 0.2) is 5.78 Å². The average molecular weight is 299 g/mol. The highest BCUT2D eigenvalue weighted by Crippen LogP contribution is 2.15. The molecule has 1 aromatic carbocycles. The first-order valence-electron chi connectivity index (χ1n) is 6.21. The summed E-state index contributed by atoms with van der Waals surface area (Å²) in [5.74, 6) is 0.116. The molecular formula is C13H21NO3SSi. The number of carbonyl (C=O) groups excluding carboxylic acids is 1. The molecule has 0 atom stereocenters. The van der Waals surface area contributed by atoms with Gasteiger partial charge in [0.2, 0.25) is 10.0 Å². The number of rotatable bonds is 6. The Morgan fingerprint density at radius 1 is 1.16 bits per heavy atom. The monoisotopic (exact) mass is 299 g/mol. The second kappa shape index (κ2) is 5.88. The Labute approximate surface area is 116 Å². The van der Waals surface area contributed by atoms with Gasteiger partial charge in [-0.2, -0.15) is 0 Å². The van der Waals surface area contributed by atoms with Crippen LogP contribution in [0.3, 0.4) is 0 Å². The molecular weight excluding hydrogens is 278 g/mol. The van der Waals surface area contributed by atoms with Crippen LogP contribution in [-0.2, 0) is 10.0 Å². The predicted octanol–water partition coefficient (Wildman–Crippen LogP) is 2.97. The van der Waals surface area contributed by atoms with E-state index in [1.807, 2.05) is 0 Å². The minimum absolute atomic E-state index is 0.0341. The van der Waals surface area contributed by atoms with E-state index in [9.17, 15) is 13.2 Å². The Kier molecular flexibility index (Phi) is 4.92. The van der Waals surface area contributed by atoms with Gasteiger partial charge in [-0.05, 0) is 37.2 Å². The van der Waals surface area contributed by atoms with E-state index < -0.39 is 18.1 Å². The van der Waals surface area contributed by atoms with Crippen LogP contribution in [0.15, 0.2) is 24.3 Å². The summed E-state index contributed by atoms with van der Waals surface area (Å²) in [6, 6.07) is 7.21. The van der Waals surface area contributed by atoms with Gasteiger partial charge in [0.1, 0.15) is 0 Å². The maximum Gasteiger partial charge on any atom is 0.232 e. The number of sulfonamides is 1. The molecule has 1 N–H and O–H groups in total. The lowest BCUT2D eigenvalue weighted by atomic mass is 10.1. The van der Waals surface area contributed by atoms with Crippen molar-refractivity contribution in [3.8, 4) is 0 Å². The van der Waals surface area contributed by atoms with E-state index in [1.165, 1.54) is 6.92 Å². The number of Topliss-reactive ketones (excluding diaryl/α,β-unsaturated/α-hetero) is 1. The Morgan fingerprint density at radius 2 is 1.68 bits per heavy atom. The minimum Gasteiger partial charge on any atom is -0.295 e. The molecule has 0 saturated heterocycles. The van der Waals surface area contributed by atoms with Crippen LogP contribution in [0.5, 0.6) is 0 Å². The van der Waals surface area contributed by atoms with Crippen LogP contribution in [0.2, 0.25) is 25.7 Å². The molecule has 0 bridgehead atoms. The number of benzene rings is 1. The first-order chi connectivity index (χ1) is 8.59. The first kappa shape index (κ1) is 15.9. The highest BCUT2D eigenvalue weighted by molar-refractivity contribution is 7.92. The van der Waals surface area contributed by atoms with Crippen molar-refractivity contribution >= 4 is 29.6 Å². The van der Waals surface area contributed by atoms with Gasteiger partial charge in [-0.25, -0.2) is 8.42 Å². The van der Waals surface area contributed by atoms with Gasteiger partial charge in [0, 0.05) is 19.3 Å². The Balaban J connectivity index is 2.70. The van der Waals surface area contributed by atoms with Gasteiger partial charge in [0.25, 0.3) is 0 Å². The third-order valence-electron chi connectivity index (χ3n) is 2.69. The van der Waals surface area contributed by atoms with Gasteiger partial charge >= 0.3 is 0 Å². The van der Waals surface area contributed by atoms with Crippen molar-refractivity contribution in [1.82, 2.24) is 0 Å². The largest absolute Gasteiger partial charge is 0.295 e. The van der Waals surface area contributed by atoms with Crippen molar-refractivity contribution < 1.29 is 13.2 Å². The quantitative estimate of drug-likeness (QED) is 0.649. The molecule has 0 spiro atoms. The van der Waals surface area contributed by atoms with E-state index in [0.717, 1.165) is 6.04 Å². The summed E-state index contributed by atoms with van der Waals surface area (Å²) in [5, 5.41) is 0. The number of carbonyl (C=O) groups is 1. The summed E-state index contributed by atoms with van der Waals surface area (Å²) < 4.78 is 26.4. The Hall–Kier alpha value is -1.14. The van der Waals surface area contributed by atoms with E-state index in [4.69, 9.17) is 0 Å². The Bertz CT molecular complexity index is 544. The van der Waals surface area contributed by atoms with Crippen LogP contribution in [0.4, 0.5) is 5.69 Å².